The van der Waals surface area contributed by atoms with E-state index in [-0.39, 0.29) is 6.10 Å². The Morgan fingerprint density at radius 1 is 0.926 bits per heavy atom. The second-order valence-corrected chi connectivity index (χ2v) is 11.3. The molecule has 0 heterocycles. The van der Waals surface area contributed by atoms with Crippen molar-refractivity contribution in [3.8, 4) is 0 Å². The summed E-state index contributed by atoms with van der Waals surface area (Å²) in [6, 6.07) is 0. The van der Waals surface area contributed by atoms with Crippen molar-refractivity contribution in [3.63, 3.8) is 0 Å². The normalized spacial score (nSPS) is 52.3. The Balaban J connectivity index is 1.50. The lowest BCUT2D eigenvalue weighted by Crippen LogP contribution is -2.57. The van der Waals surface area contributed by atoms with E-state index in [4.69, 9.17) is 9.47 Å². The molecule has 4 fully saturated rings. The molecule has 0 amide bonds. The number of hydrogen-bond donors (Lipinski definition) is 1. The molecule has 3 heteroatoms. The molecule has 4 aliphatic carbocycles. The van der Waals surface area contributed by atoms with Crippen molar-refractivity contribution in [2.45, 2.75) is 103 Å². The summed E-state index contributed by atoms with van der Waals surface area (Å²) in [7, 11) is 1.92. The highest BCUT2D eigenvalue weighted by atomic mass is 16.5. The van der Waals surface area contributed by atoms with E-state index in [0.717, 1.165) is 30.6 Å². The number of fused-ring (bicyclic) bond motifs is 5. The molecule has 8 atom stereocenters. The van der Waals surface area contributed by atoms with Crippen LogP contribution in [0.15, 0.2) is 0 Å². The topological polar surface area (TPSA) is 38.7 Å². The molecule has 4 rings (SSSR count). The Hall–Kier alpha value is -0.120. The zero-order valence-electron chi connectivity index (χ0n) is 18.3. The monoisotopic (exact) mass is 378 g/mol. The SMILES string of the molecule is COC1CC[C@H]2[C@@H]3CCC4CC(O)(COC(C)C)CC[C@]4(C)[C@@H]3CC[C@]12C. The van der Waals surface area contributed by atoms with Crippen molar-refractivity contribution in [2.75, 3.05) is 13.7 Å². The molecule has 0 aromatic rings. The van der Waals surface area contributed by atoms with Crippen LogP contribution in [0.2, 0.25) is 0 Å². The molecule has 0 saturated heterocycles. The van der Waals surface area contributed by atoms with Crippen LogP contribution in [-0.2, 0) is 9.47 Å². The lowest BCUT2D eigenvalue weighted by atomic mass is 9.44. The van der Waals surface area contributed by atoms with Gasteiger partial charge < -0.3 is 14.6 Å². The van der Waals surface area contributed by atoms with E-state index in [1.54, 1.807) is 0 Å². The maximum Gasteiger partial charge on any atom is 0.0883 e. The van der Waals surface area contributed by atoms with E-state index in [1.165, 1.54) is 44.9 Å². The van der Waals surface area contributed by atoms with Gasteiger partial charge >= 0.3 is 0 Å². The largest absolute Gasteiger partial charge is 0.387 e. The zero-order chi connectivity index (χ0) is 19.4. The number of aliphatic hydroxyl groups is 1. The van der Waals surface area contributed by atoms with Gasteiger partial charge in [0.25, 0.3) is 0 Å². The van der Waals surface area contributed by atoms with E-state index in [2.05, 4.69) is 27.7 Å². The summed E-state index contributed by atoms with van der Waals surface area (Å²) in [6.45, 7) is 9.74. The first kappa shape index (κ1) is 20.2. The molecular weight excluding hydrogens is 336 g/mol. The Kier molecular flexibility index (Phi) is 5.22. The van der Waals surface area contributed by atoms with Gasteiger partial charge in [0.15, 0.2) is 0 Å². The van der Waals surface area contributed by atoms with Crippen LogP contribution in [0.3, 0.4) is 0 Å². The summed E-state index contributed by atoms with van der Waals surface area (Å²) in [6.07, 6.45) is 11.7. The molecule has 4 aliphatic rings. The van der Waals surface area contributed by atoms with Crippen molar-refractivity contribution in [1.82, 2.24) is 0 Å². The third-order valence-electron chi connectivity index (χ3n) is 9.70. The quantitative estimate of drug-likeness (QED) is 0.731. The lowest BCUT2D eigenvalue weighted by molar-refractivity contribution is -0.172. The van der Waals surface area contributed by atoms with E-state index < -0.39 is 5.60 Å². The molecule has 0 spiro atoms. The van der Waals surface area contributed by atoms with Crippen LogP contribution in [0, 0.1) is 34.5 Å². The molecule has 3 nitrogen and oxygen atoms in total. The Bertz CT molecular complexity index is 548. The number of hydrogen-bond acceptors (Lipinski definition) is 3. The summed E-state index contributed by atoms with van der Waals surface area (Å²) in [5.41, 5.74) is 0.220. The van der Waals surface area contributed by atoms with Gasteiger partial charge in [0.05, 0.1) is 24.4 Å². The van der Waals surface area contributed by atoms with Crippen molar-refractivity contribution in [1.29, 1.82) is 0 Å². The van der Waals surface area contributed by atoms with Gasteiger partial charge in [-0.3, -0.25) is 0 Å². The minimum atomic E-state index is -0.598. The van der Waals surface area contributed by atoms with Crippen molar-refractivity contribution < 1.29 is 14.6 Å². The fourth-order valence-electron chi connectivity index (χ4n) is 8.11. The second kappa shape index (κ2) is 6.99. The third kappa shape index (κ3) is 3.20. The van der Waals surface area contributed by atoms with E-state index >= 15 is 0 Å². The number of ether oxygens (including phenoxy) is 2. The van der Waals surface area contributed by atoms with Crippen molar-refractivity contribution in [3.05, 3.63) is 0 Å². The molecule has 0 aromatic carbocycles. The second-order valence-electron chi connectivity index (χ2n) is 11.3. The standard InChI is InChI=1S/C24H42O3/c1-16(2)27-15-24(25)13-12-22(3)17(14-24)6-7-18-19-8-9-21(26-5)23(19,4)11-10-20(18)22/h16-21,25H,6-15H2,1-5H3/t17?,18-,19-,20+,21?,22-,23-,24?/m0/s1. The Morgan fingerprint density at radius 2 is 1.67 bits per heavy atom. The van der Waals surface area contributed by atoms with Crippen LogP contribution in [-0.4, -0.2) is 36.6 Å². The van der Waals surface area contributed by atoms with Gasteiger partial charge in [-0.15, -0.1) is 0 Å². The van der Waals surface area contributed by atoms with Crippen LogP contribution >= 0.6 is 0 Å². The molecule has 156 valence electrons. The summed E-state index contributed by atoms with van der Waals surface area (Å²) in [4.78, 5) is 0. The van der Waals surface area contributed by atoms with E-state index in [0.29, 0.717) is 29.5 Å². The molecule has 0 aliphatic heterocycles. The molecule has 0 radical (unpaired) electrons. The van der Waals surface area contributed by atoms with Crippen LogP contribution in [0.4, 0.5) is 0 Å². The van der Waals surface area contributed by atoms with Crippen LogP contribution in [0.5, 0.6) is 0 Å². The minimum absolute atomic E-state index is 0.199. The fraction of sp³-hybridized carbons (Fsp3) is 1.00. The lowest BCUT2D eigenvalue weighted by Gasteiger charge is -2.62. The van der Waals surface area contributed by atoms with Crippen LogP contribution < -0.4 is 0 Å². The average molecular weight is 379 g/mol. The Labute approximate surface area is 166 Å². The van der Waals surface area contributed by atoms with Gasteiger partial charge in [0, 0.05) is 7.11 Å². The first-order valence-electron chi connectivity index (χ1n) is 11.6. The fourth-order valence-corrected chi connectivity index (χ4v) is 8.11. The zero-order valence-corrected chi connectivity index (χ0v) is 18.3. The summed E-state index contributed by atoms with van der Waals surface area (Å²) < 4.78 is 11.8. The maximum absolute atomic E-state index is 11.2. The molecule has 0 aromatic heterocycles. The van der Waals surface area contributed by atoms with Crippen molar-refractivity contribution in [2.24, 2.45) is 34.5 Å². The number of methoxy groups -OCH3 is 1. The first-order valence-corrected chi connectivity index (χ1v) is 11.6. The van der Waals surface area contributed by atoms with Gasteiger partial charge in [-0.25, -0.2) is 0 Å². The maximum atomic E-state index is 11.2. The molecular formula is C24H42O3. The highest BCUT2D eigenvalue weighted by Gasteiger charge is 2.61. The summed E-state index contributed by atoms with van der Waals surface area (Å²) >= 11 is 0. The van der Waals surface area contributed by atoms with Gasteiger partial charge in [-0.1, -0.05) is 13.8 Å². The van der Waals surface area contributed by atoms with E-state index in [9.17, 15) is 5.11 Å². The van der Waals surface area contributed by atoms with Gasteiger partial charge in [-0.2, -0.15) is 0 Å². The molecule has 1 N–H and O–H groups in total. The predicted molar refractivity (Wildman–Crippen MR) is 109 cm³/mol. The molecule has 3 unspecified atom stereocenters. The third-order valence-corrected chi connectivity index (χ3v) is 9.70. The van der Waals surface area contributed by atoms with Crippen molar-refractivity contribution >= 4 is 0 Å². The van der Waals surface area contributed by atoms with Crippen LogP contribution in [0.1, 0.15) is 85.5 Å². The smallest absolute Gasteiger partial charge is 0.0883 e. The van der Waals surface area contributed by atoms with Crippen LogP contribution in [0.25, 0.3) is 0 Å². The average Bonchev–Trinajstić information content (AvgIpc) is 2.97. The highest BCUT2D eigenvalue weighted by molar-refractivity contribution is 5.11. The molecule has 0 bridgehead atoms. The molecule has 27 heavy (non-hydrogen) atoms. The highest BCUT2D eigenvalue weighted by Crippen LogP contribution is 2.67. The van der Waals surface area contributed by atoms with Gasteiger partial charge in [-0.05, 0) is 106 Å². The predicted octanol–water partition coefficient (Wildman–Crippen LogP) is 5.20. The first-order chi connectivity index (χ1) is 12.7. The van der Waals surface area contributed by atoms with Gasteiger partial charge in [0.2, 0.25) is 0 Å². The van der Waals surface area contributed by atoms with Gasteiger partial charge in [0.1, 0.15) is 0 Å². The molecule has 4 saturated carbocycles. The Morgan fingerprint density at radius 3 is 2.37 bits per heavy atom. The number of rotatable bonds is 4. The minimum Gasteiger partial charge on any atom is -0.387 e. The summed E-state index contributed by atoms with van der Waals surface area (Å²) in [5, 5.41) is 11.2. The summed E-state index contributed by atoms with van der Waals surface area (Å²) in [5.74, 6) is 3.24. The van der Waals surface area contributed by atoms with E-state index in [1.807, 2.05) is 7.11 Å².